The molecule has 0 saturated carbocycles. The van der Waals surface area contributed by atoms with Gasteiger partial charge in [0.2, 0.25) is 0 Å². The first kappa shape index (κ1) is 13.2. The summed E-state index contributed by atoms with van der Waals surface area (Å²) in [5.41, 5.74) is 6.11. The van der Waals surface area contributed by atoms with Crippen molar-refractivity contribution in [2.75, 3.05) is 19.8 Å². The van der Waals surface area contributed by atoms with Crippen LogP contribution in [0.5, 0.6) is 11.5 Å². The SMILES string of the molecule is NCC(C(=O)O)c1cc2c(cc1Br)OCCCO2. The molecule has 0 aromatic heterocycles. The highest BCUT2D eigenvalue weighted by Crippen LogP contribution is 2.37. The number of ether oxygens (including phenoxy) is 2. The standard InChI is InChI=1S/C12H14BrNO4/c13-9-5-11-10(17-2-1-3-18-11)4-7(9)8(6-14)12(15)16/h4-5,8H,1-3,6,14H2,(H,15,16). The lowest BCUT2D eigenvalue weighted by Gasteiger charge is -2.15. The molecule has 1 aliphatic rings. The quantitative estimate of drug-likeness (QED) is 0.887. The second kappa shape index (κ2) is 5.58. The Labute approximate surface area is 113 Å². The van der Waals surface area contributed by atoms with Gasteiger partial charge in [-0.25, -0.2) is 0 Å². The molecule has 1 atom stereocenters. The Hall–Kier alpha value is -1.27. The fourth-order valence-electron chi connectivity index (χ4n) is 1.83. The molecule has 5 nitrogen and oxygen atoms in total. The number of hydrogen-bond donors (Lipinski definition) is 2. The van der Waals surface area contributed by atoms with Crippen LogP contribution >= 0.6 is 15.9 Å². The summed E-state index contributed by atoms with van der Waals surface area (Å²) in [7, 11) is 0. The summed E-state index contributed by atoms with van der Waals surface area (Å²) < 4.78 is 11.7. The van der Waals surface area contributed by atoms with Crippen molar-refractivity contribution >= 4 is 21.9 Å². The molecule has 2 rings (SSSR count). The smallest absolute Gasteiger partial charge is 0.312 e. The van der Waals surface area contributed by atoms with Gasteiger partial charge in [-0.3, -0.25) is 4.79 Å². The lowest BCUT2D eigenvalue weighted by molar-refractivity contribution is -0.138. The van der Waals surface area contributed by atoms with Crippen molar-refractivity contribution in [3.05, 3.63) is 22.2 Å². The van der Waals surface area contributed by atoms with Gasteiger partial charge in [0, 0.05) is 17.4 Å². The zero-order valence-electron chi connectivity index (χ0n) is 9.69. The van der Waals surface area contributed by atoms with Gasteiger partial charge in [0.15, 0.2) is 11.5 Å². The first-order valence-electron chi connectivity index (χ1n) is 5.65. The van der Waals surface area contributed by atoms with E-state index in [4.69, 9.17) is 20.3 Å². The highest BCUT2D eigenvalue weighted by Gasteiger charge is 2.23. The van der Waals surface area contributed by atoms with E-state index < -0.39 is 11.9 Å². The zero-order chi connectivity index (χ0) is 13.1. The van der Waals surface area contributed by atoms with Gasteiger partial charge in [-0.15, -0.1) is 0 Å². The third-order valence-corrected chi connectivity index (χ3v) is 3.46. The van der Waals surface area contributed by atoms with E-state index in [-0.39, 0.29) is 6.54 Å². The monoisotopic (exact) mass is 315 g/mol. The molecule has 3 N–H and O–H groups in total. The lowest BCUT2D eigenvalue weighted by atomic mass is 9.99. The fourth-order valence-corrected chi connectivity index (χ4v) is 2.43. The Morgan fingerprint density at radius 1 is 1.39 bits per heavy atom. The summed E-state index contributed by atoms with van der Waals surface area (Å²) in [5, 5.41) is 9.14. The third kappa shape index (κ3) is 2.59. The van der Waals surface area contributed by atoms with E-state index in [1.165, 1.54) is 0 Å². The number of halogens is 1. The van der Waals surface area contributed by atoms with Gasteiger partial charge < -0.3 is 20.3 Å². The van der Waals surface area contributed by atoms with Crippen LogP contribution in [0.3, 0.4) is 0 Å². The fraction of sp³-hybridized carbons (Fsp3) is 0.417. The van der Waals surface area contributed by atoms with Crippen molar-refractivity contribution in [3.8, 4) is 11.5 Å². The molecular formula is C12H14BrNO4. The van der Waals surface area contributed by atoms with E-state index in [1.54, 1.807) is 12.1 Å². The Morgan fingerprint density at radius 3 is 2.56 bits per heavy atom. The molecule has 18 heavy (non-hydrogen) atoms. The Morgan fingerprint density at radius 2 is 2.00 bits per heavy atom. The number of carboxylic acid groups (broad SMARTS) is 1. The number of aliphatic carboxylic acids is 1. The second-order valence-corrected chi connectivity index (χ2v) is 4.85. The summed E-state index contributed by atoms with van der Waals surface area (Å²) in [6.45, 7) is 1.19. The average molecular weight is 316 g/mol. The van der Waals surface area contributed by atoms with E-state index in [0.29, 0.717) is 34.7 Å². The van der Waals surface area contributed by atoms with Gasteiger partial charge >= 0.3 is 5.97 Å². The molecule has 0 radical (unpaired) electrons. The molecule has 1 aromatic rings. The van der Waals surface area contributed by atoms with Gasteiger partial charge in [-0.05, 0) is 17.7 Å². The molecule has 0 bridgehead atoms. The molecule has 0 spiro atoms. The van der Waals surface area contributed by atoms with Crippen LogP contribution in [-0.4, -0.2) is 30.8 Å². The Bertz CT molecular complexity index is 464. The molecule has 1 aliphatic heterocycles. The second-order valence-electron chi connectivity index (χ2n) is 4.00. The van der Waals surface area contributed by atoms with Crippen molar-refractivity contribution in [1.82, 2.24) is 0 Å². The molecule has 0 fully saturated rings. The minimum absolute atomic E-state index is 0.0353. The summed E-state index contributed by atoms with van der Waals surface area (Å²) >= 11 is 3.36. The average Bonchev–Trinajstić information content (AvgIpc) is 2.54. The summed E-state index contributed by atoms with van der Waals surface area (Å²) in [6.07, 6.45) is 0.806. The van der Waals surface area contributed by atoms with Gasteiger partial charge in [-0.1, -0.05) is 15.9 Å². The van der Waals surface area contributed by atoms with Crippen LogP contribution in [0, 0.1) is 0 Å². The lowest BCUT2D eigenvalue weighted by Crippen LogP contribution is -2.21. The molecule has 0 aliphatic carbocycles. The predicted octanol–water partition coefficient (Wildman–Crippen LogP) is 1.74. The van der Waals surface area contributed by atoms with Crippen molar-refractivity contribution in [3.63, 3.8) is 0 Å². The topological polar surface area (TPSA) is 81.8 Å². The summed E-state index contributed by atoms with van der Waals surface area (Å²) in [5.74, 6) is -0.501. The predicted molar refractivity (Wildman–Crippen MR) is 69.2 cm³/mol. The van der Waals surface area contributed by atoms with Crippen molar-refractivity contribution in [1.29, 1.82) is 0 Å². The van der Waals surface area contributed by atoms with Crippen LogP contribution in [0.15, 0.2) is 16.6 Å². The van der Waals surface area contributed by atoms with Crippen LogP contribution < -0.4 is 15.2 Å². The molecule has 98 valence electrons. The number of hydrogen-bond acceptors (Lipinski definition) is 4. The number of fused-ring (bicyclic) bond motifs is 1. The van der Waals surface area contributed by atoms with E-state index in [0.717, 1.165) is 6.42 Å². The van der Waals surface area contributed by atoms with Crippen LogP contribution in [0.4, 0.5) is 0 Å². The van der Waals surface area contributed by atoms with Crippen LogP contribution in [0.2, 0.25) is 0 Å². The van der Waals surface area contributed by atoms with Crippen molar-refractivity contribution in [2.45, 2.75) is 12.3 Å². The number of benzene rings is 1. The number of carbonyl (C=O) groups is 1. The van der Waals surface area contributed by atoms with Crippen LogP contribution in [0.1, 0.15) is 17.9 Å². The van der Waals surface area contributed by atoms with E-state index in [1.807, 2.05) is 0 Å². The maximum absolute atomic E-state index is 11.1. The van der Waals surface area contributed by atoms with Gasteiger partial charge in [0.1, 0.15) is 0 Å². The largest absolute Gasteiger partial charge is 0.490 e. The maximum Gasteiger partial charge on any atom is 0.312 e. The van der Waals surface area contributed by atoms with Crippen LogP contribution in [0.25, 0.3) is 0 Å². The molecule has 0 amide bonds. The molecule has 6 heteroatoms. The summed E-state index contributed by atoms with van der Waals surface area (Å²) in [6, 6.07) is 3.43. The normalized spacial score (nSPS) is 15.9. The Kier molecular flexibility index (Phi) is 4.08. The van der Waals surface area contributed by atoms with Crippen LogP contribution in [-0.2, 0) is 4.79 Å². The van der Waals surface area contributed by atoms with Crippen molar-refractivity contribution < 1.29 is 19.4 Å². The number of rotatable bonds is 3. The summed E-state index contributed by atoms with van der Waals surface area (Å²) in [4.78, 5) is 11.1. The number of carboxylic acids is 1. The molecule has 1 aromatic carbocycles. The first-order valence-corrected chi connectivity index (χ1v) is 6.44. The maximum atomic E-state index is 11.1. The molecular weight excluding hydrogens is 302 g/mol. The first-order chi connectivity index (χ1) is 8.63. The van der Waals surface area contributed by atoms with Crippen molar-refractivity contribution in [2.24, 2.45) is 5.73 Å². The van der Waals surface area contributed by atoms with E-state index in [9.17, 15) is 4.79 Å². The minimum atomic E-state index is -0.951. The Balaban J connectivity index is 2.43. The van der Waals surface area contributed by atoms with Gasteiger partial charge in [0.05, 0.1) is 19.1 Å². The van der Waals surface area contributed by atoms with E-state index in [2.05, 4.69) is 15.9 Å². The van der Waals surface area contributed by atoms with E-state index >= 15 is 0 Å². The highest BCUT2D eigenvalue weighted by molar-refractivity contribution is 9.10. The highest BCUT2D eigenvalue weighted by atomic mass is 79.9. The van der Waals surface area contributed by atoms with Gasteiger partial charge in [0.25, 0.3) is 0 Å². The molecule has 1 unspecified atom stereocenters. The molecule has 1 heterocycles. The number of nitrogens with two attached hydrogens (primary N) is 1. The third-order valence-electron chi connectivity index (χ3n) is 2.78. The minimum Gasteiger partial charge on any atom is -0.490 e. The van der Waals surface area contributed by atoms with Gasteiger partial charge in [-0.2, -0.15) is 0 Å². The molecule has 0 saturated heterocycles. The zero-order valence-corrected chi connectivity index (χ0v) is 11.3.